The van der Waals surface area contributed by atoms with Crippen LogP contribution in [-0.4, -0.2) is 21.3 Å². The highest BCUT2D eigenvalue weighted by atomic mass is 19.1. The van der Waals surface area contributed by atoms with Crippen molar-refractivity contribution in [3.8, 4) is 0 Å². The molecule has 2 aromatic rings. The molecule has 4 nitrogen and oxygen atoms in total. The van der Waals surface area contributed by atoms with Gasteiger partial charge < -0.3 is 5.32 Å². The van der Waals surface area contributed by atoms with Gasteiger partial charge in [-0.2, -0.15) is 5.10 Å². The minimum atomic E-state index is -0.319. The summed E-state index contributed by atoms with van der Waals surface area (Å²) in [5.74, 6) is -0.319. The van der Waals surface area contributed by atoms with Crippen LogP contribution in [0.25, 0.3) is 0 Å². The van der Waals surface area contributed by atoms with Gasteiger partial charge in [0.2, 0.25) is 0 Å². The van der Waals surface area contributed by atoms with E-state index in [0.717, 1.165) is 30.8 Å². The number of halogens is 1. The predicted molar refractivity (Wildman–Crippen MR) is 72.2 cm³/mol. The SMILES string of the molecule is CCCn1cc(C(NCC)c2ccc(F)cn2)cn1. The summed E-state index contributed by atoms with van der Waals surface area (Å²) in [5.41, 5.74) is 1.86. The van der Waals surface area contributed by atoms with Gasteiger partial charge in [0.05, 0.1) is 24.1 Å². The standard InChI is InChI=1S/C14H19FN4/c1-3-7-19-10-11(8-18-19)14(16-4-2)13-6-5-12(15)9-17-13/h5-6,8-10,14,16H,3-4,7H2,1-2H3. The maximum Gasteiger partial charge on any atom is 0.141 e. The summed E-state index contributed by atoms with van der Waals surface area (Å²) in [6, 6.07) is 3.10. The average molecular weight is 262 g/mol. The van der Waals surface area contributed by atoms with E-state index in [-0.39, 0.29) is 11.9 Å². The van der Waals surface area contributed by atoms with Gasteiger partial charge in [0, 0.05) is 18.3 Å². The molecule has 1 atom stereocenters. The number of nitrogens with zero attached hydrogens (tertiary/aromatic N) is 3. The molecule has 0 saturated heterocycles. The van der Waals surface area contributed by atoms with Crippen LogP contribution in [0.15, 0.2) is 30.7 Å². The molecule has 0 fully saturated rings. The first-order chi connectivity index (χ1) is 9.24. The van der Waals surface area contributed by atoms with Crippen molar-refractivity contribution in [2.45, 2.75) is 32.9 Å². The molecule has 2 heterocycles. The molecule has 1 unspecified atom stereocenters. The number of aryl methyl sites for hydroxylation is 1. The van der Waals surface area contributed by atoms with E-state index in [4.69, 9.17) is 0 Å². The summed E-state index contributed by atoms with van der Waals surface area (Å²) >= 11 is 0. The van der Waals surface area contributed by atoms with Gasteiger partial charge in [0.25, 0.3) is 0 Å². The normalized spacial score (nSPS) is 12.6. The molecule has 1 N–H and O–H groups in total. The summed E-state index contributed by atoms with van der Waals surface area (Å²) in [6.07, 6.45) is 6.15. The number of aromatic nitrogens is 3. The maximum absolute atomic E-state index is 12.9. The molecule has 0 aliphatic carbocycles. The second-order valence-corrected chi connectivity index (χ2v) is 4.43. The number of hydrogen-bond acceptors (Lipinski definition) is 3. The highest BCUT2D eigenvalue weighted by Gasteiger charge is 2.16. The molecule has 0 aliphatic rings. The van der Waals surface area contributed by atoms with Crippen LogP contribution in [0.1, 0.15) is 37.6 Å². The molecule has 5 heteroatoms. The Kier molecular flexibility index (Phi) is 4.63. The molecule has 0 radical (unpaired) electrons. The molecule has 0 amide bonds. The van der Waals surface area contributed by atoms with E-state index in [2.05, 4.69) is 22.3 Å². The monoisotopic (exact) mass is 262 g/mol. The molecule has 19 heavy (non-hydrogen) atoms. The summed E-state index contributed by atoms with van der Waals surface area (Å²) in [4.78, 5) is 4.15. The fourth-order valence-electron chi connectivity index (χ4n) is 2.04. The zero-order chi connectivity index (χ0) is 13.7. The molecule has 0 saturated carbocycles. The summed E-state index contributed by atoms with van der Waals surface area (Å²) in [5, 5.41) is 7.68. The lowest BCUT2D eigenvalue weighted by atomic mass is 10.1. The Labute approximate surface area is 112 Å². The highest BCUT2D eigenvalue weighted by Crippen LogP contribution is 2.20. The van der Waals surface area contributed by atoms with Gasteiger partial charge in [-0.3, -0.25) is 9.67 Å². The van der Waals surface area contributed by atoms with Crippen LogP contribution in [0.4, 0.5) is 4.39 Å². The molecule has 2 rings (SSSR count). The fourth-order valence-corrected chi connectivity index (χ4v) is 2.04. The van der Waals surface area contributed by atoms with Crippen LogP contribution in [-0.2, 0) is 6.54 Å². The van der Waals surface area contributed by atoms with Crippen molar-refractivity contribution in [3.05, 3.63) is 47.8 Å². The number of hydrogen-bond donors (Lipinski definition) is 1. The van der Waals surface area contributed by atoms with E-state index < -0.39 is 0 Å². The van der Waals surface area contributed by atoms with Gasteiger partial charge in [-0.25, -0.2) is 4.39 Å². The predicted octanol–water partition coefficient (Wildman–Crippen LogP) is 2.53. The number of pyridine rings is 1. The summed E-state index contributed by atoms with van der Waals surface area (Å²) in [7, 11) is 0. The molecule has 0 aliphatic heterocycles. The van der Waals surface area contributed by atoms with Crippen LogP contribution >= 0.6 is 0 Å². The van der Waals surface area contributed by atoms with Crippen LogP contribution in [0.2, 0.25) is 0 Å². The largest absolute Gasteiger partial charge is 0.305 e. The van der Waals surface area contributed by atoms with E-state index in [0.29, 0.717) is 0 Å². The molecule has 0 bridgehead atoms. The Morgan fingerprint density at radius 2 is 2.16 bits per heavy atom. The van der Waals surface area contributed by atoms with Crippen molar-refractivity contribution in [2.24, 2.45) is 0 Å². The van der Waals surface area contributed by atoms with Gasteiger partial charge in [0.1, 0.15) is 5.82 Å². The first-order valence-electron chi connectivity index (χ1n) is 6.61. The lowest BCUT2D eigenvalue weighted by Gasteiger charge is -2.15. The van der Waals surface area contributed by atoms with E-state index in [1.165, 1.54) is 12.3 Å². The van der Waals surface area contributed by atoms with Crippen LogP contribution < -0.4 is 5.32 Å². The Morgan fingerprint density at radius 3 is 2.79 bits per heavy atom. The topological polar surface area (TPSA) is 42.7 Å². The third-order valence-electron chi connectivity index (χ3n) is 2.89. The van der Waals surface area contributed by atoms with E-state index in [1.807, 2.05) is 24.0 Å². The van der Waals surface area contributed by atoms with Crippen molar-refractivity contribution in [2.75, 3.05) is 6.54 Å². The first kappa shape index (κ1) is 13.7. The fraction of sp³-hybridized carbons (Fsp3) is 0.429. The highest BCUT2D eigenvalue weighted by molar-refractivity contribution is 5.23. The van der Waals surface area contributed by atoms with Gasteiger partial charge in [-0.15, -0.1) is 0 Å². The summed E-state index contributed by atoms with van der Waals surface area (Å²) in [6.45, 7) is 5.86. The van der Waals surface area contributed by atoms with E-state index in [1.54, 1.807) is 6.07 Å². The Bertz CT molecular complexity index is 506. The van der Waals surface area contributed by atoms with Crippen molar-refractivity contribution >= 4 is 0 Å². The lowest BCUT2D eigenvalue weighted by molar-refractivity contribution is 0.587. The third-order valence-corrected chi connectivity index (χ3v) is 2.89. The number of nitrogens with one attached hydrogen (secondary N) is 1. The second-order valence-electron chi connectivity index (χ2n) is 4.43. The second kappa shape index (κ2) is 6.43. The van der Waals surface area contributed by atoms with Crippen LogP contribution in [0.3, 0.4) is 0 Å². The molecule has 0 aromatic carbocycles. The first-order valence-corrected chi connectivity index (χ1v) is 6.61. The van der Waals surface area contributed by atoms with Gasteiger partial charge in [-0.1, -0.05) is 13.8 Å². The van der Waals surface area contributed by atoms with E-state index in [9.17, 15) is 4.39 Å². The van der Waals surface area contributed by atoms with Crippen molar-refractivity contribution in [1.82, 2.24) is 20.1 Å². The van der Waals surface area contributed by atoms with Crippen LogP contribution in [0.5, 0.6) is 0 Å². The smallest absolute Gasteiger partial charge is 0.141 e. The maximum atomic E-state index is 12.9. The molecule has 0 spiro atoms. The quantitative estimate of drug-likeness (QED) is 0.870. The minimum Gasteiger partial charge on any atom is -0.305 e. The Morgan fingerprint density at radius 1 is 1.32 bits per heavy atom. The average Bonchev–Trinajstić information content (AvgIpc) is 2.86. The Hall–Kier alpha value is -1.75. The van der Waals surface area contributed by atoms with Crippen molar-refractivity contribution < 1.29 is 4.39 Å². The third kappa shape index (κ3) is 3.38. The minimum absolute atomic E-state index is 0.0452. The molecule has 102 valence electrons. The van der Waals surface area contributed by atoms with E-state index >= 15 is 0 Å². The zero-order valence-corrected chi connectivity index (χ0v) is 11.3. The molecular weight excluding hydrogens is 243 g/mol. The van der Waals surface area contributed by atoms with Gasteiger partial charge >= 0.3 is 0 Å². The lowest BCUT2D eigenvalue weighted by Crippen LogP contribution is -2.22. The van der Waals surface area contributed by atoms with Crippen molar-refractivity contribution in [3.63, 3.8) is 0 Å². The van der Waals surface area contributed by atoms with Crippen LogP contribution in [0, 0.1) is 5.82 Å². The number of rotatable bonds is 6. The van der Waals surface area contributed by atoms with Gasteiger partial charge in [0.15, 0.2) is 0 Å². The molecule has 2 aromatic heterocycles. The summed E-state index contributed by atoms with van der Waals surface area (Å²) < 4.78 is 14.9. The van der Waals surface area contributed by atoms with Gasteiger partial charge in [-0.05, 0) is 25.1 Å². The van der Waals surface area contributed by atoms with Crippen molar-refractivity contribution in [1.29, 1.82) is 0 Å². The zero-order valence-electron chi connectivity index (χ0n) is 11.3. The Balaban J connectivity index is 2.25. The molecular formula is C14H19FN4.